The molecular weight excluding hydrogens is 496 g/mol. The van der Waals surface area contributed by atoms with Crippen LogP contribution in [0.3, 0.4) is 0 Å². The average molecular weight is 547 g/mol. The van der Waals surface area contributed by atoms with E-state index in [1.807, 2.05) is 25.6 Å². The SMILES string of the molecule is C#CCOCCOc1cc(C)c(C)cc1C.C=C(/C=C\c1nn(C)cc1[C@H](C)CC)C(C)C.CCC#CC(C)=O. The number of hydrogen-bond acceptors (Lipinski definition) is 4. The summed E-state index contributed by atoms with van der Waals surface area (Å²) in [5, 5.41) is 4.50. The number of carbonyl (C=O) groups is 1. The molecule has 2 aromatic rings. The van der Waals surface area contributed by atoms with Gasteiger partial charge in [0.15, 0.2) is 0 Å². The van der Waals surface area contributed by atoms with Crippen molar-refractivity contribution in [1.29, 1.82) is 0 Å². The quantitative estimate of drug-likeness (QED) is 0.132. The molecule has 0 spiro atoms. The van der Waals surface area contributed by atoms with Crippen molar-refractivity contribution in [3.63, 3.8) is 0 Å². The first-order valence-corrected chi connectivity index (χ1v) is 14.0. The summed E-state index contributed by atoms with van der Waals surface area (Å²) in [5.74, 6) is 9.38. The van der Waals surface area contributed by atoms with Gasteiger partial charge in [-0.1, -0.05) is 70.8 Å². The van der Waals surface area contributed by atoms with Crippen LogP contribution >= 0.6 is 0 Å². The lowest BCUT2D eigenvalue weighted by atomic mass is 9.98. The molecule has 1 aromatic heterocycles. The van der Waals surface area contributed by atoms with Gasteiger partial charge >= 0.3 is 0 Å². The average Bonchev–Trinajstić information content (AvgIpc) is 3.29. The Labute approximate surface area is 244 Å². The van der Waals surface area contributed by atoms with Gasteiger partial charge in [-0.3, -0.25) is 9.48 Å². The zero-order valence-corrected chi connectivity index (χ0v) is 26.5. The van der Waals surface area contributed by atoms with Gasteiger partial charge in [0.1, 0.15) is 19.0 Å². The Morgan fingerprint density at radius 2 is 1.77 bits per heavy atom. The molecule has 0 aliphatic heterocycles. The van der Waals surface area contributed by atoms with Crippen LogP contribution in [0, 0.1) is 50.9 Å². The van der Waals surface area contributed by atoms with Crippen molar-refractivity contribution < 1.29 is 14.3 Å². The van der Waals surface area contributed by atoms with E-state index in [1.165, 1.54) is 23.6 Å². The van der Waals surface area contributed by atoms with Crippen molar-refractivity contribution in [3.8, 4) is 29.9 Å². The molecule has 0 N–H and O–H groups in total. The molecule has 5 heteroatoms. The Morgan fingerprint density at radius 1 is 1.12 bits per heavy atom. The minimum Gasteiger partial charge on any atom is -0.491 e. The van der Waals surface area contributed by atoms with Crippen LogP contribution in [0.2, 0.25) is 0 Å². The highest BCUT2D eigenvalue weighted by Crippen LogP contribution is 2.24. The minimum absolute atomic E-state index is 0.0538. The number of Topliss-reactive ketones (excluding diaryl/α,β-unsaturated/α-hetero) is 1. The maximum Gasteiger partial charge on any atom is 0.202 e. The van der Waals surface area contributed by atoms with Crippen molar-refractivity contribution in [3.05, 3.63) is 64.5 Å². The van der Waals surface area contributed by atoms with Gasteiger partial charge in [0.25, 0.3) is 0 Å². The number of ether oxygens (including phenoxy) is 2. The van der Waals surface area contributed by atoms with Crippen LogP contribution in [0.5, 0.6) is 5.75 Å². The number of aromatic nitrogens is 2. The molecule has 5 nitrogen and oxygen atoms in total. The second kappa shape index (κ2) is 20.4. The molecule has 1 heterocycles. The lowest BCUT2D eigenvalue weighted by molar-refractivity contribution is -0.111. The summed E-state index contributed by atoms with van der Waals surface area (Å²) in [6, 6.07) is 4.19. The van der Waals surface area contributed by atoms with Crippen molar-refractivity contribution in [2.24, 2.45) is 13.0 Å². The Balaban J connectivity index is 0.000000619. The van der Waals surface area contributed by atoms with E-state index in [1.54, 1.807) is 0 Å². The van der Waals surface area contributed by atoms with Gasteiger partial charge in [0.05, 0.1) is 12.3 Å². The monoisotopic (exact) mass is 546 g/mol. The van der Waals surface area contributed by atoms with E-state index in [4.69, 9.17) is 15.9 Å². The number of terminal acetylenes is 1. The Morgan fingerprint density at radius 3 is 2.30 bits per heavy atom. The molecule has 0 unspecified atom stereocenters. The normalized spacial score (nSPS) is 10.8. The fourth-order valence-corrected chi connectivity index (χ4v) is 3.28. The zero-order valence-electron chi connectivity index (χ0n) is 26.5. The third-order valence-corrected chi connectivity index (χ3v) is 6.13. The van der Waals surface area contributed by atoms with Gasteiger partial charge in [-0.2, -0.15) is 5.10 Å². The van der Waals surface area contributed by atoms with Crippen molar-refractivity contribution in [1.82, 2.24) is 9.78 Å². The third kappa shape index (κ3) is 15.2. The fourth-order valence-electron chi connectivity index (χ4n) is 3.28. The predicted octanol–water partition coefficient (Wildman–Crippen LogP) is 7.79. The van der Waals surface area contributed by atoms with E-state index in [2.05, 4.69) is 101 Å². The van der Waals surface area contributed by atoms with Crippen molar-refractivity contribution >= 4 is 11.9 Å². The maximum atomic E-state index is 10.0. The zero-order chi connectivity index (χ0) is 30.7. The molecule has 1 atom stereocenters. The van der Waals surface area contributed by atoms with Crippen LogP contribution in [0.15, 0.2) is 36.6 Å². The van der Waals surface area contributed by atoms with Crippen LogP contribution in [-0.2, 0) is 16.6 Å². The highest BCUT2D eigenvalue weighted by atomic mass is 16.5. The first-order valence-electron chi connectivity index (χ1n) is 14.0. The fraction of sp³-hybridized carbons (Fsp3) is 0.486. The maximum absolute atomic E-state index is 10.0. The molecule has 0 radical (unpaired) electrons. The van der Waals surface area contributed by atoms with Crippen molar-refractivity contribution in [2.75, 3.05) is 19.8 Å². The highest BCUT2D eigenvalue weighted by Gasteiger charge is 2.11. The Kier molecular flexibility index (Phi) is 18.6. The number of carbonyl (C=O) groups excluding carboxylic acids is 1. The summed E-state index contributed by atoms with van der Waals surface area (Å²) in [6.07, 6.45) is 13.3. The summed E-state index contributed by atoms with van der Waals surface area (Å²) in [4.78, 5) is 10.0. The second-order valence-corrected chi connectivity index (χ2v) is 10.0. The standard InChI is InChI=1S/C15H24N2.C14H18O2.C6H8O/c1-7-12(4)14-10-17(6)16-15(14)9-8-13(5)11(2)3;1-5-6-15-7-8-16-14-10-12(3)11(2)9-13(14)4;1-3-4-5-6(2)7/h8-12H,5,7H2,1-4,6H3;1,9-10H,6-8H2,2-4H3;3H2,1-2H3/b9-8-;;/t12-;;/m1../s1. The molecule has 0 saturated heterocycles. The number of aryl methyl sites for hydroxylation is 4. The molecule has 40 heavy (non-hydrogen) atoms. The van der Waals surface area contributed by atoms with E-state index in [-0.39, 0.29) is 5.78 Å². The van der Waals surface area contributed by atoms with E-state index >= 15 is 0 Å². The Hall–Kier alpha value is -3.54. The largest absolute Gasteiger partial charge is 0.491 e. The Bertz CT molecular complexity index is 1200. The van der Waals surface area contributed by atoms with Gasteiger partial charge in [-0.15, -0.1) is 6.42 Å². The number of nitrogens with zero attached hydrogens (tertiary/aromatic N) is 2. The molecule has 0 fully saturated rings. The number of hydrogen-bond donors (Lipinski definition) is 0. The molecule has 218 valence electrons. The number of allylic oxidation sites excluding steroid dienone is 2. The molecule has 2 rings (SSSR count). The minimum atomic E-state index is -0.0538. The number of rotatable bonds is 10. The molecule has 1 aromatic carbocycles. The summed E-state index contributed by atoms with van der Waals surface area (Å²) >= 11 is 0. The topological polar surface area (TPSA) is 53.4 Å². The lowest BCUT2D eigenvalue weighted by Crippen LogP contribution is -2.07. The second-order valence-electron chi connectivity index (χ2n) is 10.0. The van der Waals surface area contributed by atoms with Crippen LogP contribution in [-0.4, -0.2) is 35.4 Å². The summed E-state index contributed by atoms with van der Waals surface area (Å²) in [6.45, 7) is 23.8. The summed E-state index contributed by atoms with van der Waals surface area (Å²) in [5.41, 5.74) is 7.22. The number of benzene rings is 1. The molecule has 0 aliphatic carbocycles. The van der Waals surface area contributed by atoms with Crippen LogP contribution in [0.25, 0.3) is 6.08 Å². The van der Waals surface area contributed by atoms with Crippen molar-refractivity contribution in [2.45, 2.75) is 81.1 Å². The van der Waals surface area contributed by atoms with E-state index in [0.717, 1.165) is 35.4 Å². The van der Waals surface area contributed by atoms with Gasteiger partial charge in [-0.05, 0) is 73.8 Å². The number of ketones is 1. The molecule has 0 aliphatic rings. The van der Waals surface area contributed by atoms with Gasteiger partial charge in [0, 0.05) is 32.2 Å². The summed E-state index contributed by atoms with van der Waals surface area (Å²) in [7, 11) is 1.97. The summed E-state index contributed by atoms with van der Waals surface area (Å²) < 4.78 is 12.7. The lowest BCUT2D eigenvalue weighted by Gasteiger charge is -2.11. The van der Waals surface area contributed by atoms with Gasteiger partial charge < -0.3 is 9.47 Å². The third-order valence-electron chi connectivity index (χ3n) is 6.13. The van der Waals surface area contributed by atoms with E-state index in [0.29, 0.717) is 31.7 Å². The smallest absolute Gasteiger partial charge is 0.202 e. The van der Waals surface area contributed by atoms with Crippen LogP contribution < -0.4 is 4.74 Å². The molecule has 0 saturated carbocycles. The molecule has 0 amide bonds. The van der Waals surface area contributed by atoms with Crippen LogP contribution in [0.4, 0.5) is 0 Å². The first-order chi connectivity index (χ1) is 18.9. The van der Waals surface area contributed by atoms with Gasteiger partial charge in [-0.25, -0.2) is 0 Å². The van der Waals surface area contributed by atoms with Crippen LogP contribution in [0.1, 0.15) is 88.2 Å². The van der Waals surface area contributed by atoms with E-state index < -0.39 is 0 Å². The van der Waals surface area contributed by atoms with Gasteiger partial charge in [0.2, 0.25) is 5.78 Å². The highest BCUT2D eigenvalue weighted by molar-refractivity contribution is 5.93. The van der Waals surface area contributed by atoms with E-state index in [9.17, 15) is 4.79 Å². The predicted molar refractivity (Wildman–Crippen MR) is 169 cm³/mol. The molecular formula is C35H50N2O3. The molecule has 0 bridgehead atoms. The first kappa shape index (κ1) is 36.5.